The number of amides is 3. The van der Waals surface area contributed by atoms with Gasteiger partial charge in [0.15, 0.2) is 5.69 Å². The van der Waals surface area contributed by atoms with Crippen molar-refractivity contribution in [2.45, 2.75) is 45.9 Å². The van der Waals surface area contributed by atoms with Crippen molar-refractivity contribution in [3.05, 3.63) is 82.9 Å². The number of pyridine rings is 1. The number of aryl methyl sites for hydroxylation is 2. The smallest absolute Gasteiger partial charge is 0.272 e. The first kappa shape index (κ1) is 23.2. The third-order valence-electron chi connectivity index (χ3n) is 5.87. The van der Waals surface area contributed by atoms with Crippen LogP contribution >= 0.6 is 0 Å². The van der Waals surface area contributed by atoms with Crippen LogP contribution in [-0.2, 0) is 24.4 Å². The molecule has 0 saturated carbocycles. The van der Waals surface area contributed by atoms with Gasteiger partial charge in [0.1, 0.15) is 11.7 Å². The first-order valence-corrected chi connectivity index (χ1v) is 11.3. The SMILES string of the molecule is Cc1ccccc1CN1CCCn2nc(C(=O)NC(C)C(=O)NCc3cccnc3)cc2C1=O. The maximum Gasteiger partial charge on any atom is 0.272 e. The number of aromatic nitrogens is 3. The normalized spacial score (nSPS) is 14.2. The van der Waals surface area contributed by atoms with Crippen molar-refractivity contribution in [3.63, 3.8) is 0 Å². The second kappa shape index (κ2) is 10.3. The van der Waals surface area contributed by atoms with Crippen molar-refractivity contribution in [2.24, 2.45) is 0 Å². The highest BCUT2D eigenvalue weighted by Crippen LogP contribution is 2.18. The van der Waals surface area contributed by atoms with E-state index in [2.05, 4.69) is 20.7 Å². The number of nitrogens with one attached hydrogen (secondary N) is 2. The number of benzene rings is 1. The molecule has 0 spiro atoms. The van der Waals surface area contributed by atoms with E-state index < -0.39 is 11.9 Å². The third-order valence-corrected chi connectivity index (χ3v) is 5.87. The summed E-state index contributed by atoms with van der Waals surface area (Å²) in [5, 5.41) is 9.78. The largest absolute Gasteiger partial charge is 0.350 e. The molecule has 0 radical (unpaired) electrons. The molecule has 0 bridgehead atoms. The Morgan fingerprint density at radius 1 is 1.15 bits per heavy atom. The Bertz CT molecular complexity index is 1190. The Hall–Kier alpha value is -4.01. The van der Waals surface area contributed by atoms with Crippen LogP contribution in [0.5, 0.6) is 0 Å². The molecule has 176 valence electrons. The quantitative estimate of drug-likeness (QED) is 0.561. The van der Waals surface area contributed by atoms with Crippen LogP contribution in [0.25, 0.3) is 0 Å². The zero-order valence-electron chi connectivity index (χ0n) is 19.3. The molecular weight excluding hydrogens is 432 g/mol. The summed E-state index contributed by atoms with van der Waals surface area (Å²) in [5.41, 5.74) is 3.58. The van der Waals surface area contributed by atoms with Gasteiger partial charge in [-0.25, -0.2) is 0 Å². The molecule has 0 aliphatic carbocycles. The summed E-state index contributed by atoms with van der Waals surface area (Å²) in [5.74, 6) is -0.976. The Morgan fingerprint density at radius 3 is 2.74 bits per heavy atom. The van der Waals surface area contributed by atoms with Crippen LogP contribution in [0.4, 0.5) is 0 Å². The molecule has 2 aromatic heterocycles. The second-order valence-corrected chi connectivity index (χ2v) is 8.42. The maximum absolute atomic E-state index is 13.2. The topological polar surface area (TPSA) is 109 Å². The minimum absolute atomic E-state index is 0.119. The number of fused-ring (bicyclic) bond motifs is 1. The number of carbonyl (C=O) groups excluding carboxylic acids is 3. The summed E-state index contributed by atoms with van der Waals surface area (Å²) >= 11 is 0. The first-order chi connectivity index (χ1) is 16.4. The summed E-state index contributed by atoms with van der Waals surface area (Å²) in [7, 11) is 0. The van der Waals surface area contributed by atoms with Crippen molar-refractivity contribution >= 4 is 17.7 Å². The van der Waals surface area contributed by atoms with Crippen LogP contribution in [0.2, 0.25) is 0 Å². The van der Waals surface area contributed by atoms with E-state index in [1.807, 2.05) is 37.3 Å². The molecule has 1 aliphatic rings. The second-order valence-electron chi connectivity index (χ2n) is 8.42. The molecule has 1 atom stereocenters. The maximum atomic E-state index is 13.2. The number of nitrogens with zero attached hydrogens (tertiary/aromatic N) is 4. The van der Waals surface area contributed by atoms with Gasteiger partial charge in [-0.15, -0.1) is 0 Å². The van der Waals surface area contributed by atoms with Crippen molar-refractivity contribution in [2.75, 3.05) is 6.54 Å². The average Bonchev–Trinajstić information content (AvgIpc) is 3.21. The summed E-state index contributed by atoms with van der Waals surface area (Å²) in [6.07, 6.45) is 4.06. The fourth-order valence-corrected chi connectivity index (χ4v) is 3.87. The van der Waals surface area contributed by atoms with E-state index in [1.54, 1.807) is 35.0 Å². The van der Waals surface area contributed by atoms with Gasteiger partial charge in [-0.05, 0) is 43.0 Å². The molecule has 34 heavy (non-hydrogen) atoms. The van der Waals surface area contributed by atoms with Crippen LogP contribution < -0.4 is 10.6 Å². The molecule has 0 fully saturated rings. The molecule has 9 nitrogen and oxygen atoms in total. The van der Waals surface area contributed by atoms with Gasteiger partial charge in [0.2, 0.25) is 5.91 Å². The van der Waals surface area contributed by atoms with Crippen LogP contribution in [0.1, 0.15) is 51.0 Å². The molecule has 1 aliphatic heterocycles. The first-order valence-electron chi connectivity index (χ1n) is 11.3. The molecule has 3 amide bonds. The fraction of sp³-hybridized carbons (Fsp3) is 0.320. The number of hydrogen-bond acceptors (Lipinski definition) is 5. The van der Waals surface area contributed by atoms with Gasteiger partial charge in [0.25, 0.3) is 11.8 Å². The Labute approximate surface area is 198 Å². The highest BCUT2D eigenvalue weighted by atomic mass is 16.2. The van der Waals surface area contributed by atoms with Crippen molar-refractivity contribution < 1.29 is 14.4 Å². The van der Waals surface area contributed by atoms with Gasteiger partial charge in [-0.3, -0.25) is 24.0 Å². The molecule has 3 aromatic rings. The van der Waals surface area contributed by atoms with E-state index in [-0.39, 0.29) is 17.5 Å². The van der Waals surface area contributed by atoms with E-state index in [1.165, 1.54) is 6.07 Å². The minimum Gasteiger partial charge on any atom is -0.350 e. The zero-order chi connectivity index (χ0) is 24.1. The summed E-state index contributed by atoms with van der Waals surface area (Å²) in [6, 6.07) is 12.4. The lowest BCUT2D eigenvalue weighted by molar-refractivity contribution is -0.122. The van der Waals surface area contributed by atoms with E-state index in [0.29, 0.717) is 31.9 Å². The lowest BCUT2D eigenvalue weighted by atomic mass is 10.1. The van der Waals surface area contributed by atoms with Crippen LogP contribution in [0, 0.1) is 6.92 Å². The Morgan fingerprint density at radius 2 is 1.97 bits per heavy atom. The minimum atomic E-state index is -0.765. The molecular formula is C25H28N6O3. The Balaban J connectivity index is 1.40. The van der Waals surface area contributed by atoms with Crippen molar-refractivity contribution in [1.29, 1.82) is 0 Å². The lowest BCUT2D eigenvalue weighted by Gasteiger charge is -2.21. The van der Waals surface area contributed by atoms with Crippen molar-refractivity contribution in [1.82, 2.24) is 30.3 Å². The van der Waals surface area contributed by atoms with Crippen LogP contribution in [0.3, 0.4) is 0 Å². The standard InChI is InChI=1S/C25H28N6O3/c1-17-7-3-4-9-20(17)16-30-11-6-12-31-22(25(30)34)13-21(29-31)24(33)28-18(2)23(32)27-15-19-8-5-10-26-14-19/h3-5,7-10,13-14,18H,6,11-12,15-16H2,1-2H3,(H,27,32)(H,28,33). The predicted octanol–water partition coefficient (Wildman–Crippen LogP) is 2.07. The number of hydrogen-bond donors (Lipinski definition) is 2. The summed E-state index contributed by atoms with van der Waals surface area (Å²) in [4.78, 5) is 44.2. The molecule has 0 saturated heterocycles. The van der Waals surface area contributed by atoms with Crippen molar-refractivity contribution in [3.8, 4) is 0 Å². The lowest BCUT2D eigenvalue weighted by Crippen LogP contribution is -2.44. The van der Waals surface area contributed by atoms with Crippen LogP contribution in [0.15, 0.2) is 54.9 Å². The summed E-state index contributed by atoms with van der Waals surface area (Å²) < 4.78 is 1.59. The summed E-state index contributed by atoms with van der Waals surface area (Å²) in [6.45, 7) is 5.61. The zero-order valence-corrected chi connectivity index (χ0v) is 19.3. The fourth-order valence-electron chi connectivity index (χ4n) is 3.87. The van der Waals surface area contributed by atoms with E-state index in [4.69, 9.17) is 0 Å². The van der Waals surface area contributed by atoms with Gasteiger partial charge in [-0.2, -0.15) is 5.10 Å². The molecule has 2 N–H and O–H groups in total. The molecule has 1 aromatic carbocycles. The molecule has 9 heteroatoms. The van der Waals surface area contributed by atoms with Gasteiger partial charge in [0, 0.05) is 44.6 Å². The average molecular weight is 461 g/mol. The van der Waals surface area contributed by atoms with E-state index >= 15 is 0 Å². The third kappa shape index (κ3) is 5.31. The van der Waals surface area contributed by atoms with E-state index in [0.717, 1.165) is 23.1 Å². The highest BCUT2D eigenvalue weighted by Gasteiger charge is 2.27. The van der Waals surface area contributed by atoms with Gasteiger partial charge in [0.05, 0.1) is 0 Å². The van der Waals surface area contributed by atoms with Gasteiger partial charge >= 0.3 is 0 Å². The number of rotatable bonds is 7. The predicted molar refractivity (Wildman–Crippen MR) is 126 cm³/mol. The molecule has 4 rings (SSSR count). The highest BCUT2D eigenvalue weighted by molar-refractivity contribution is 5.99. The van der Waals surface area contributed by atoms with E-state index in [9.17, 15) is 14.4 Å². The monoisotopic (exact) mass is 460 g/mol. The molecule has 1 unspecified atom stereocenters. The number of carbonyl (C=O) groups is 3. The van der Waals surface area contributed by atoms with Gasteiger partial charge < -0.3 is 15.5 Å². The van der Waals surface area contributed by atoms with Gasteiger partial charge in [-0.1, -0.05) is 30.3 Å². The van der Waals surface area contributed by atoms with Crippen LogP contribution in [-0.4, -0.2) is 50.0 Å². The Kier molecular flexibility index (Phi) is 7.01. The molecule has 3 heterocycles.